The maximum Gasteiger partial charge on any atom is 0.416 e. The number of carbonyl (C=O) groups is 1. The van der Waals surface area contributed by atoms with Gasteiger partial charge in [-0.2, -0.15) is 18.2 Å². The van der Waals surface area contributed by atoms with E-state index in [1.165, 1.54) is 0 Å². The number of hydrogen-bond acceptors (Lipinski definition) is 5. The number of benzene rings is 3. The van der Waals surface area contributed by atoms with Crippen LogP contribution in [0.15, 0.2) is 76.4 Å². The molecule has 0 saturated heterocycles. The number of nitrogens with zero attached hydrogens (tertiary/aromatic N) is 4. The van der Waals surface area contributed by atoms with Gasteiger partial charge in [-0.1, -0.05) is 67.9 Å². The van der Waals surface area contributed by atoms with Crippen LogP contribution in [-0.2, 0) is 42.5 Å². The average Bonchev–Trinajstić information content (AvgIpc) is 3.70. The minimum Gasteiger partial charge on any atom is -0.336 e. The Kier molecular flexibility index (Phi) is 4.94. The van der Waals surface area contributed by atoms with Crippen LogP contribution < -0.4 is 5.56 Å². The normalized spacial score (nSPS) is 22.5. The summed E-state index contributed by atoms with van der Waals surface area (Å²) >= 11 is -0.366. The van der Waals surface area contributed by atoms with Gasteiger partial charge in [0.25, 0.3) is 5.56 Å². The Morgan fingerprint density at radius 3 is 2.35 bits per heavy atom. The molecule has 0 spiro atoms. The van der Waals surface area contributed by atoms with E-state index >= 15 is 4.79 Å². The largest absolute Gasteiger partial charge is 0.416 e. The van der Waals surface area contributed by atoms with Gasteiger partial charge in [0, 0.05) is 47.4 Å². The van der Waals surface area contributed by atoms with Crippen LogP contribution in [0.2, 0.25) is 0 Å². The molecule has 3 aromatic carbocycles. The lowest BCUT2D eigenvalue weighted by atomic mass is 9.98. The van der Waals surface area contributed by atoms with Crippen molar-refractivity contribution in [1.29, 1.82) is 0 Å². The van der Waals surface area contributed by atoms with Gasteiger partial charge in [-0.3, -0.25) is 9.59 Å². The van der Waals surface area contributed by atoms with E-state index in [2.05, 4.69) is 4.98 Å². The quantitative estimate of drug-likeness (QED) is 0.0819. The zero-order chi connectivity index (χ0) is 56.5. The molecular weight excluding hydrogens is 640 g/mol. The highest BCUT2D eigenvalue weighted by Crippen LogP contribution is 2.32. The van der Waals surface area contributed by atoms with Crippen LogP contribution in [-0.4, -0.2) is 51.2 Å². The molecule has 0 aliphatic heterocycles. The summed E-state index contributed by atoms with van der Waals surface area (Å²) in [7, 11) is 0. The predicted molar refractivity (Wildman–Crippen MR) is 181 cm³/mol. The van der Waals surface area contributed by atoms with Crippen LogP contribution in [0.25, 0.3) is 11.1 Å². The minimum absolute atomic E-state index is 0.0254. The molecule has 0 fully saturated rings. The Morgan fingerprint density at radius 2 is 1.69 bits per heavy atom. The topological polar surface area (TPSA) is 58.4 Å². The van der Waals surface area contributed by atoms with Gasteiger partial charge < -0.3 is 14.4 Å². The Balaban J connectivity index is 1.92. The molecule has 0 bridgehead atoms. The van der Waals surface area contributed by atoms with E-state index in [9.17, 15) is 30.6 Å². The maximum absolute atomic E-state index is 15.4. The third kappa shape index (κ3) is 8.54. The zero-order valence-corrected chi connectivity index (χ0v) is 26.0. The van der Waals surface area contributed by atoms with Gasteiger partial charge in [-0.15, -0.1) is 0 Å². The van der Waals surface area contributed by atoms with Gasteiger partial charge in [0.1, 0.15) is 12.3 Å². The van der Waals surface area contributed by atoms with Gasteiger partial charge in [-0.05, 0) is 91.2 Å². The van der Waals surface area contributed by atoms with Crippen molar-refractivity contribution in [3.05, 3.63) is 116 Å². The molecule has 48 heavy (non-hydrogen) atoms. The third-order valence-electron chi connectivity index (χ3n) is 6.46. The number of likely N-dealkylation sites (N-methyl/N-ethyl adjacent to an activating group) is 1. The van der Waals surface area contributed by atoms with E-state index in [0.29, 0.717) is 13.8 Å². The summed E-state index contributed by atoms with van der Waals surface area (Å²) in [5, 5.41) is -1.23. The summed E-state index contributed by atoms with van der Waals surface area (Å²) in [6.45, 7) is -22.6. The number of aromatic nitrogens is 2. The number of alkyl halides is 3. The van der Waals surface area contributed by atoms with Crippen molar-refractivity contribution in [3.63, 3.8) is 0 Å². The molecule has 1 heterocycles. The summed E-state index contributed by atoms with van der Waals surface area (Å²) < 4.78 is 274. The van der Waals surface area contributed by atoms with Crippen molar-refractivity contribution in [2.45, 2.75) is 70.1 Å². The van der Waals surface area contributed by atoms with Gasteiger partial charge in [0.05, 0.1) is 28.9 Å². The lowest BCUT2D eigenvalue weighted by Crippen LogP contribution is -2.40. The van der Waals surface area contributed by atoms with Gasteiger partial charge in [0.2, 0.25) is 5.91 Å². The van der Waals surface area contributed by atoms with E-state index in [1.807, 2.05) is 0 Å². The number of rotatable bonds is 13. The van der Waals surface area contributed by atoms with E-state index in [-0.39, 0.29) is 34.7 Å². The molecule has 0 atom stereocenters. The van der Waals surface area contributed by atoms with Crippen LogP contribution in [0, 0.1) is 12.7 Å². The standard InChI is InChI=1S/C37H40F4N4O2S/c1-4-43(5-2)19-20-44(22-29-12-11-28(21-25(29)3)27-13-15-30(16-14-27)37(39,40)41)34(46)23-45-33-8-6-7-32(33)35(47)42-36(45)48-24-26-9-17-31(38)18-10-26/h9-18,21H,4-8,19-20,22-24H2,1-3H3/i4D2,5D2,9D,10D,11D,12D,13D,14D,15D,16D,17D,18D,19D2,20D2,21D,22D2,23D2,24D2. The van der Waals surface area contributed by atoms with Crippen LogP contribution >= 0.6 is 11.8 Å². The van der Waals surface area contributed by atoms with E-state index < -0.39 is 195 Å². The molecule has 0 N–H and O–H groups in total. The zero-order valence-electron chi connectivity index (χ0n) is 50.1. The lowest BCUT2D eigenvalue weighted by Gasteiger charge is -2.28. The molecule has 0 radical (unpaired) electrons. The second kappa shape index (κ2) is 15.5. The molecule has 6 nitrogen and oxygen atoms in total. The molecule has 254 valence electrons. The molecule has 11 heteroatoms. The molecule has 1 amide bonds. The first-order chi connectivity index (χ1) is 32.7. The number of amides is 1. The minimum atomic E-state index is -5.48. The summed E-state index contributed by atoms with van der Waals surface area (Å²) in [5.74, 6) is -4.33. The molecule has 5 rings (SSSR count). The number of halogens is 4. The van der Waals surface area contributed by atoms with E-state index in [1.54, 1.807) is 0 Å². The number of fused-ring (bicyclic) bond motifs is 1. The fraction of sp³-hybridized carbons (Fsp3) is 0.378. The Morgan fingerprint density at radius 1 is 1.00 bits per heavy atom. The fourth-order valence-electron chi connectivity index (χ4n) is 4.18. The molecule has 4 aromatic rings. The fourth-order valence-corrected chi connectivity index (χ4v) is 4.85. The van der Waals surface area contributed by atoms with E-state index in [0.717, 1.165) is 6.92 Å². The monoisotopic (exact) mass is 705 g/mol. The number of carbonyl (C=O) groups excluding carboxylic acids is 1. The maximum atomic E-state index is 15.4. The Bertz CT molecular complexity index is 2930. The highest BCUT2D eigenvalue weighted by molar-refractivity contribution is 7.98. The molecule has 0 saturated carbocycles. The number of hydrogen-bond donors (Lipinski definition) is 0. The van der Waals surface area contributed by atoms with Crippen LogP contribution in [0.1, 0.15) is 88.0 Å². The van der Waals surface area contributed by atoms with Crippen molar-refractivity contribution in [2.75, 3.05) is 26.0 Å². The summed E-state index contributed by atoms with van der Waals surface area (Å²) in [5.41, 5.74) is -13.6. The van der Waals surface area contributed by atoms with Crippen LogP contribution in [0.5, 0.6) is 0 Å². The first-order valence-corrected chi connectivity index (χ1v) is 14.6. The second-order valence-electron chi connectivity index (χ2n) is 9.58. The summed E-state index contributed by atoms with van der Waals surface area (Å²) in [6, 6.07) is -16.1. The first kappa shape index (κ1) is 15.3. The van der Waals surface area contributed by atoms with Gasteiger partial charge in [0.15, 0.2) is 5.16 Å². The first-order valence-electron chi connectivity index (χ1n) is 26.2. The molecule has 1 aliphatic rings. The Labute approximate surface area is 317 Å². The predicted octanol–water partition coefficient (Wildman–Crippen LogP) is 7.53. The van der Waals surface area contributed by atoms with Crippen molar-refractivity contribution in [2.24, 2.45) is 0 Å². The van der Waals surface area contributed by atoms with Crippen LogP contribution in [0.3, 0.4) is 0 Å². The van der Waals surface area contributed by atoms with Crippen molar-refractivity contribution in [1.82, 2.24) is 19.4 Å². The molecule has 1 aliphatic carbocycles. The highest BCUT2D eigenvalue weighted by atomic mass is 32.2. The van der Waals surface area contributed by atoms with Crippen molar-refractivity contribution >= 4 is 17.7 Å². The molecule has 0 unspecified atom stereocenters. The van der Waals surface area contributed by atoms with Crippen LogP contribution in [0.4, 0.5) is 17.6 Å². The number of thioether (sulfide) groups is 1. The van der Waals surface area contributed by atoms with Crippen molar-refractivity contribution in [3.8, 4) is 11.1 Å². The average molecular weight is 706 g/mol. The highest BCUT2D eigenvalue weighted by Gasteiger charge is 2.30. The summed E-state index contributed by atoms with van der Waals surface area (Å²) in [6.07, 6.45) is -6.11. The lowest BCUT2D eigenvalue weighted by molar-refractivity contribution is -0.137. The molecule has 1 aromatic heterocycles. The van der Waals surface area contributed by atoms with E-state index in [4.69, 9.17) is 26.0 Å². The molecular formula is C37H40F4N4O2S. The van der Waals surface area contributed by atoms with Gasteiger partial charge >= 0.3 is 6.18 Å². The SMILES string of the molecule is [2H]c1c([2H])c(C([2H])([2H])Sc2nc(=O)c3c(n2C([2H])([2H])C(=O)N(C([2H])([2H])c2c([2H])c([2H])c(-c4c([2H])c([2H])c(C(F)(F)F)c([2H])c4[2H])c([2H])c2C)C([2H])([2H])C([2H])([2H])N(C([2H])([2H])C)C([2H])([2H])C)CCC3)c([2H])c([2H])c1F. The van der Waals surface area contributed by atoms with Gasteiger partial charge in [-0.25, -0.2) is 4.39 Å². The Hall–Kier alpha value is -3.96. The van der Waals surface area contributed by atoms with Crippen molar-refractivity contribution < 1.29 is 56.6 Å². The second-order valence-corrected chi connectivity index (χ2v) is 10.3. The summed E-state index contributed by atoms with van der Waals surface area (Å²) in [4.78, 5) is 31.3. The smallest absolute Gasteiger partial charge is 0.336 e. The third-order valence-corrected chi connectivity index (χ3v) is 7.22.